The highest BCUT2D eigenvalue weighted by atomic mass is 35.5. The average Bonchev–Trinajstić information content (AvgIpc) is 2.84. The fourth-order valence-electron chi connectivity index (χ4n) is 2.45. The zero-order chi connectivity index (χ0) is 13.5. The molecule has 0 N–H and O–H groups in total. The van der Waals surface area contributed by atoms with E-state index in [0.717, 1.165) is 25.8 Å². The van der Waals surface area contributed by atoms with Gasteiger partial charge in [-0.2, -0.15) is 0 Å². The van der Waals surface area contributed by atoms with E-state index < -0.39 is 0 Å². The van der Waals surface area contributed by atoms with Gasteiger partial charge in [-0.15, -0.1) is 22.9 Å². The second-order valence-corrected chi connectivity index (χ2v) is 6.56. The van der Waals surface area contributed by atoms with Crippen molar-refractivity contribution < 1.29 is 4.79 Å². The smallest absolute Gasteiger partial charge is 0.222 e. The van der Waals surface area contributed by atoms with E-state index in [4.69, 9.17) is 11.6 Å². The number of amides is 1. The lowest BCUT2D eigenvalue weighted by atomic mass is 9.91. The second-order valence-electron chi connectivity index (χ2n) is 5.15. The highest BCUT2D eigenvalue weighted by Gasteiger charge is 2.27. The van der Waals surface area contributed by atoms with Gasteiger partial charge in [0.1, 0.15) is 0 Å². The van der Waals surface area contributed by atoms with Gasteiger partial charge in [0, 0.05) is 29.8 Å². The molecule has 19 heavy (non-hydrogen) atoms. The Hall–Kier alpha value is -0.540. The number of alkyl halides is 1. The minimum atomic E-state index is 0.325. The van der Waals surface area contributed by atoms with Crippen LogP contribution in [0.2, 0.25) is 0 Å². The highest BCUT2D eigenvalue weighted by Crippen LogP contribution is 2.26. The quantitative estimate of drug-likeness (QED) is 0.662. The van der Waals surface area contributed by atoms with Crippen molar-refractivity contribution in [1.82, 2.24) is 4.90 Å². The zero-order valence-corrected chi connectivity index (χ0v) is 12.9. The van der Waals surface area contributed by atoms with E-state index in [1.807, 2.05) is 0 Å². The van der Waals surface area contributed by atoms with E-state index in [9.17, 15) is 4.79 Å². The molecule has 2 nitrogen and oxygen atoms in total. The lowest BCUT2D eigenvalue weighted by Crippen LogP contribution is -2.44. The molecule has 1 aliphatic carbocycles. The van der Waals surface area contributed by atoms with Crippen LogP contribution in [0, 0.1) is 0 Å². The van der Waals surface area contributed by atoms with Crippen molar-refractivity contribution in [2.24, 2.45) is 0 Å². The van der Waals surface area contributed by atoms with Crippen molar-refractivity contribution in [3.8, 4) is 0 Å². The van der Waals surface area contributed by atoms with Gasteiger partial charge < -0.3 is 4.90 Å². The van der Waals surface area contributed by atoms with Crippen molar-refractivity contribution in [2.45, 2.75) is 51.0 Å². The third kappa shape index (κ3) is 4.50. The van der Waals surface area contributed by atoms with Crippen LogP contribution in [0.5, 0.6) is 0 Å². The predicted octanol–water partition coefficient (Wildman–Crippen LogP) is 4.08. The van der Waals surface area contributed by atoms with E-state index >= 15 is 0 Å². The second kappa shape index (κ2) is 7.91. The molecule has 0 bridgehead atoms. The van der Waals surface area contributed by atoms with Gasteiger partial charge in [0.15, 0.2) is 0 Å². The maximum Gasteiger partial charge on any atom is 0.222 e. The summed E-state index contributed by atoms with van der Waals surface area (Å²) in [5.41, 5.74) is 0. The molecule has 0 unspecified atom stereocenters. The molecule has 2 rings (SSSR count). The Bertz CT molecular complexity index is 376. The Balaban J connectivity index is 1.74. The Morgan fingerprint density at radius 3 is 2.84 bits per heavy atom. The summed E-state index contributed by atoms with van der Waals surface area (Å²) in [5, 5.41) is 2.10. The zero-order valence-electron chi connectivity index (χ0n) is 11.3. The van der Waals surface area contributed by atoms with E-state index in [0.29, 0.717) is 24.2 Å². The number of thiophene rings is 1. The highest BCUT2D eigenvalue weighted by molar-refractivity contribution is 7.09. The number of rotatable bonds is 8. The number of hydrogen-bond donors (Lipinski definition) is 0. The molecule has 1 heterocycles. The lowest BCUT2D eigenvalue weighted by molar-refractivity contribution is -0.135. The first-order valence-corrected chi connectivity index (χ1v) is 8.60. The van der Waals surface area contributed by atoms with Gasteiger partial charge in [-0.25, -0.2) is 0 Å². The van der Waals surface area contributed by atoms with E-state index in [2.05, 4.69) is 22.4 Å². The Morgan fingerprint density at radius 2 is 2.26 bits per heavy atom. The van der Waals surface area contributed by atoms with Crippen molar-refractivity contribution in [1.29, 1.82) is 0 Å². The lowest BCUT2D eigenvalue weighted by Gasteiger charge is -2.37. The fraction of sp³-hybridized carbons (Fsp3) is 0.667. The van der Waals surface area contributed by atoms with E-state index in [1.165, 1.54) is 24.1 Å². The van der Waals surface area contributed by atoms with Crippen molar-refractivity contribution >= 4 is 28.8 Å². The summed E-state index contributed by atoms with van der Waals surface area (Å²) >= 11 is 7.53. The average molecular weight is 300 g/mol. The van der Waals surface area contributed by atoms with Crippen molar-refractivity contribution in [3.63, 3.8) is 0 Å². The van der Waals surface area contributed by atoms with Crippen LogP contribution >= 0.6 is 22.9 Å². The summed E-state index contributed by atoms with van der Waals surface area (Å²) < 4.78 is 0. The number of halogens is 1. The molecular formula is C15H22ClNOS. The van der Waals surface area contributed by atoms with Gasteiger partial charge in [-0.3, -0.25) is 4.79 Å². The largest absolute Gasteiger partial charge is 0.340 e. The maximum absolute atomic E-state index is 12.3. The van der Waals surface area contributed by atoms with Crippen LogP contribution in [-0.4, -0.2) is 29.3 Å². The Labute approximate surface area is 124 Å². The number of hydrogen-bond acceptors (Lipinski definition) is 2. The van der Waals surface area contributed by atoms with Gasteiger partial charge >= 0.3 is 0 Å². The molecule has 1 aliphatic rings. The summed E-state index contributed by atoms with van der Waals surface area (Å²) in [6.45, 7) is 0.839. The van der Waals surface area contributed by atoms with Crippen molar-refractivity contribution in [3.05, 3.63) is 22.4 Å². The van der Waals surface area contributed by atoms with Crippen LogP contribution in [0.4, 0.5) is 0 Å². The standard InChI is InChI=1S/C15H22ClNOS/c16-10-4-11-17(13-5-1-6-13)15(18)9-2-7-14-8-3-12-19-14/h3,8,12-13H,1-2,4-7,9-11H2. The Kier molecular flexibility index (Phi) is 6.18. The van der Waals surface area contributed by atoms with Crippen LogP contribution in [0.15, 0.2) is 17.5 Å². The molecule has 1 fully saturated rings. The molecule has 0 aliphatic heterocycles. The van der Waals surface area contributed by atoms with E-state index in [1.54, 1.807) is 11.3 Å². The molecule has 1 aromatic rings. The van der Waals surface area contributed by atoms with Crippen LogP contribution < -0.4 is 0 Å². The molecule has 0 atom stereocenters. The normalized spacial score (nSPS) is 15.2. The number of carbonyl (C=O) groups is 1. The molecule has 0 saturated heterocycles. The first-order valence-electron chi connectivity index (χ1n) is 7.19. The maximum atomic E-state index is 12.3. The monoisotopic (exact) mass is 299 g/mol. The first-order chi connectivity index (χ1) is 9.31. The SMILES string of the molecule is O=C(CCCc1cccs1)N(CCCCl)C1CCC1. The van der Waals surface area contributed by atoms with Gasteiger partial charge in [0.05, 0.1) is 0 Å². The summed E-state index contributed by atoms with van der Waals surface area (Å²) in [5.74, 6) is 0.970. The number of aryl methyl sites for hydroxylation is 1. The van der Waals surface area contributed by atoms with Crippen LogP contribution in [0.3, 0.4) is 0 Å². The molecule has 0 aromatic carbocycles. The third-order valence-electron chi connectivity index (χ3n) is 3.76. The minimum absolute atomic E-state index is 0.325. The Morgan fingerprint density at radius 1 is 1.42 bits per heavy atom. The number of nitrogens with zero attached hydrogens (tertiary/aromatic N) is 1. The van der Waals surface area contributed by atoms with Crippen molar-refractivity contribution in [2.75, 3.05) is 12.4 Å². The molecule has 1 aromatic heterocycles. The van der Waals surface area contributed by atoms with Gasteiger partial charge in [-0.1, -0.05) is 6.07 Å². The topological polar surface area (TPSA) is 20.3 Å². The van der Waals surface area contributed by atoms with E-state index in [-0.39, 0.29) is 0 Å². The molecule has 0 spiro atoms. The van der Waals surface area contributed by atoms with Gasteiger partial charge in [-0.05, 0) is 50.0 Å². The summed E-state index contributed by atoms with van der Waals surface area (Å²) in [6, 6.07) is 4.72. The van der Waals surface area contributed by atoms with Crippen LogP contribution in [0.25, 0.3) is 0 Å². The predicted molar refractivity (Wildman–Crippen MR) is 81.9 cm³/mol. The third-order valence-corrected chi connectivity index (χ3v) is 4.97. The summed E-state index contributed by atoms with van der Waals surface area (Å²) in [4.78, 5) is 15.8. The fourth-order valence-corrected chi connectivity index (χ4v) is 3.32. The molecule has 0 radical (unpaired) electrons. The molecule has 1 saturated carbocycles. The summed E-state index contributed by atoms with van der Waals surface area (Å²) in [6.07, 6.45) is 7.20. The molecule has 1 amide bonds. The molecular weight excluding hydrogens is 278 g/mol. The molecule has 106 valence electrons. The van der Waals surface area contributed by atoms with Crippen LogP contribution in [0.1, 0.15) is 43.4 Å². The first kappa shape index (κ1) is 14.9. The minimum Gasteiger partial charge on any atom is -0.340 e. The number of carbonyl (C=O) groups excluding carboxylic acids is 1. The summed E-state index contributed by atoms with van der Waals surface area (Å²) in [7, 11) is 0. The van der Waals surface area contributed by atoms with Gasteiger partial charge in [0.2, 0.25) is 5.91 Å². The van der Waals surface area contributed by atoms with Crippen LogP contribution in [-0.2, 0) is 11.2 Å². The van der Waals surface area contributed by atoms with Gasteiger partial charge in [0.25, 0.3) is 0 Å². The molecule has 4 heteroatoms.